The van der Waals surface area contributed by atoms with Crippen LogP contribution >= 0.6 is 11.8 Å². The van der Waals surface area contributed by atoms with Crippen LogP contribution in [-0.4, -0.2) is 94.6 Å². The molecule has 14 heteroatoms. The minimum Gasteiger partial charge on any atom is -0.504 e. The Kier molecular flexibility index (Phi) is 6.96. The van der Waals surface area contributed by atoms with Gasteiger partial charge >= 0.3 is 11.9 Å². The Morgan fingerprint density at radius 2 is 1.93 bits per heavy atom. The number of hydrogen-bond donors (Lipinski definition) is 4. The maximum absolute atomic E-state index is 15.0. The summed E-state index contributed by atoms with van der Waals surface area (Å²) in [5.74, 6) is 1.26. The van der Waals surface area contributed by atoms with Gasteiger partial charge in [0.1, 0.15) is 18.1 Å². The van der Waals surface area contributed by atoms with Crippen molar-refractivity contribution in [3.8, 4) is 28.7 Å². The van der Waals surface area contributed by atoms with Crippen molar-refractivity contribution in [1.82, 2.24) is 20.1 Å². The van der Waals surface area contributed by atoms with E-state index in [-0.39, 0.29) is 30.3 Å². The number of aryl methyl sites for hydroxylation is 1. The number of piperazine rings is 1. The van der Waals surface area contributed by atoms with Crippen LogP contribution in [0.15, 0.2) is 30.3 Å². The highest BCUT2D eigenvalue weighted by Crippen LogP contribution is 2.72. The normalized spacial score (nSPS) is 32.6. The molecule has 1 saturated carbocycles. The first kappa shape index (κ1) is 33.8. The SMILES string of the molecule is COc1c(C)cc2c(c1O)[C@@H]1[C@@H]3[C@@H]4SC[C@]5(NCCc6c5[nH]c5ccccc65)C(=O)OC5CC5(c5c6c(c(C)c(OC(C)=O)c54)OCO6)N3[C@@H](O)[C@H](C2)N1C. The summed E-state index contributed by atoms with van der Waals surface area (Å²) in [6.45, 7) is 5.72. The van der Waals surface area contributed by atoms with E-state index in [1.54, 1.807) is 18.9 Å². The van der Waals surface area contributed by atoms with Crippen LogP contribution in [0, 0.1) is 13.8 Å². The summed E-state index contributed by atoms with van der Waals surface area (Å²) in [5.41, 5.74) is 5.17. The fourth-order valence-electron chi connectivity index (χ4n) is 11.2. The Hall–Kier alpha value is -4.47. The summed E-state index contributed by atoms with van der Waals surface area (Å²) in [5, 5.41) is 29.1. The maximum Gasteiger partial charge on any atom is 0.333 e. The smallest absolute Gasteiger partial charge is 0.333 e. The Bertz CT molecular complexity index is 2400. The number of thioether (sulfide) groups is 1. The van der Waals surface area contributed by atoms with E-state index in [0.717, 1.165) is 56.4 Å². The second-order valence-electron chi connectivity index (χ2n) is 16.1. The van der Waals surface area contributed by atoms with Crippen molar-refractivity contribution in [3.63, 3.8) is 0 Å². The van der Waals surface area contributed by atoms with Crippen LogP contribution in [0.1, 0.15) is 69.3 Å². The minimum absolute atomic E-state index is 0.0267. The number of para-hydroxylation sites is 1. The van der Waals surface area contributed by atoms with E-state index in [1.807, 2.05) is 39.1 Å². The lowest BCUT2D eigenvalue weighted by Crippen LogP contribution is -2.72. The molecule has 0 amide bonds. The fraction of sp³-hybridized carbons (Fsp3) is 0.463. The summed E-state index contributed by atoms with van der Waals surface area (Å²) < 4.78 is 31.1. The highest BCUT2D eigenvalue weighted by molar-refractivity contribution is 7.99. The zero-order chi connectivity index (χ0) is 37.9. The van der Waals surface area contributed by atoms with E-state index in [1.165, 1.54) is 6.92 Å². The number of benzene rings is 3. The zero-order valence-electron chi connectivity index (χ0n) is 31.1. The number of nitrogens with one attached hydrogen (secondary N) is 2. The third-order valence-corrected chi connectivity index (χ3v) is 15.0. The number of aliphatic hydroxyl groups is 1. The van der Waals surface area contributed by atoms with Gasteiger partial charge < -0.3 is 38.9 Å². The molecule has 2 spiro atoms. The number of phenols is 1. The van der Waals surface area contributed by atoms with Crippen molar-refractivity contribution in [2.75, 3.05) is 33.2 Å². The third kappa shape index (κ3) is 4.13. The van der Waals surface area contributed by atoms with Crippen molar-refractivity contribution in [3.05, 3.63) is 75.0 Å². The van der Waals surface area contributed by atoms with Crippen LogP contribution in [-0.2, 0) is 38.2 Å². The topological polar surface area (TPSA) is 155 Å². The van der Waals surface area contributed by atoms with Gasteiger partial charge in [-0.05, 0) is 56.5 Å². The van der Waals surface area contributed by atoms with Gasteiger partial charge in [-0.3, -0.25) is 19.9 Å². The number of aromatic hydroxyl groups is 1. The molecular weight excluding hydrogens is 725 g/mol. The molecule has 8 aliphatic rings. The first-order chi connectivity index (χ1) is 26.5. The van der Waals surface area contributed by atoms with Crippen molar-refractivity contribution >= 4 is 34.6 Å². The molecule has 0 radical (unpaired) electrons. The van der Waals surface area contributed by atoms with Crippen LogP contribution in [0.3, 0.4) is 0 Å². The van der Waals surface area contributed by atoms with Gasteiger partial charge in [0.25, 0.3) is 0 Å². The lowest BCUT2D eigenvalue weighted by Gasteiger charge is -2.62. The highest BCUT2D eigenvalue weighted by atomic mass is 32.2. The number of carbonyl (C=O) groups excluding carboxylic acids is 2. The number of aromatic nitrogens is 1. The lowest BCUT2D eigenvalue weighted by atomic mass is 9.72. The first-order valence-corrected chi connectivity index (χ1v) is 20.0. The van der Waals surface area contributed by atoms with Gasteiger partial charge in [-0.2, -0.15) is 0 Å². The summed E-state index contributed by atoms with van der Waals surface area (Å²) in [6, 6.07) is 8.87. The summed E-state index contributed by atoms with van der Waals surface area (Å²) >= 11 is 1.56. The summed E-state index contributed by atoms with van der Waals surface area (Å²) in [4.78, 5) is 35.9. The molecule has 4 N–H and O–H groups in total. The molecule has 3 fully saturated rings. The van der Waals surface area contributed by atoms with E-state index < -0.39 is 46.7 Å². The number of methoxy groups -OCH3 is 1. The molecular formula is C41H42N4O9S. The standard InChI is InChI=1S/C41H42N4O9S/c1-17-12-20-13-24-38(48)45-30(29(44(24)4)26(20)31(47)32(17)50-5)36-27-28(35-34(51-16-52-35)18(2)33(27)53-19(3)46)41(45)14-25(41)54-39(49)40(15-55-36)37-22(10-11-42-40)21-8-6-7-9-23(21)43-37/h6-9,12,24-25,29-30,36,38,42-43,47-48H,10-11,13-16H2,1-5H3/t24-,25?,29+,30+,36+,38-,40+,41?/m0/s1. The molecule has 8 heterocycles. The average Bonchev–Trinajstić information content (AvgIpc) is 3.45. The number of esters is 2. The van der Waals surface area contributed by atoms with Gasteiger partial charge in [-0.15, -0.1) is 11.8 Å². The average molecular weight is 767 g/mol. The monoisotopic (exact) mass is 766 g/mol. The number of H-pyrrole nitrogens is 1. The fourth-order valence-corrected chi connectivity index (χ4v) is 12.9. The van der Waals surface area contributed by atoms with Gasteiger partial charge in [0.2, 0.25) is 6.79 Å². The number of fused-ring (bicyclic) bond motifs is 10. The number of aromatic amines is 1. The maximum atomic E-state index is 15.0. The lowest BCUT2D eigenvalue weighted by molar-refractivity contribution is -0.190. The van der Waals surface area contributed by atoms with Gasteiger partial charge in [0.15, 0.2) is 28.5 Å². The van der Waals surface area contributed by atoms with Gasteiger partial charge in [0.05, 0.1) is 35.7 Å². The Morgan fingerprint density at radius 3 is 2.73 bits per heavy atom. The molecule has 286 valence electrons. The molecule has 8 atom stereocenters. The van der Waals surface area contributed by atoms with Crippen LogP contribution in [0.2, 0.25) is 0 Å². The quantitative estimate of drug-likeness (QED) is 0.171. The number of aliphatic hydroxyl groups excluding tert-OH is 1. The predicted octanol–water partition coefficient (Wildman–Crippen LogP) is 4.11. The molecule has 2 saturated heterocycles. The van der Waals surface area contributed by atoms with E-state index in [0.29, 0.717) is 47.9 Å². The van der Waals surface area contributed by atoms with Crippen molar-refractivity contribution in [2.45, 2.75) is 86.8 Å². The highest BCUT2D eigenvalue weighted by Gasteiger charge is 2.75. The van der Waals surface area contributed by atoms with Crippen LogP contribution in [0.25, 0.3) is 10.9 Å². The predicted molar refractivity (Wildman–Crippen MR) is 201 cm³/mol. The van der Waals surface area contributed by atoms with E-state index in [2.05, 4.69) is 32.2 Å². The summed E-state index contributed by atoms with van der Waals surface area (Å²) in [7, 11) is 3.57. The molecule has 3 aromatic carbocycles. The second kappa shape index (κ2) is 11.3. The molecule has 13 nitrogen and oxygen atoms in total. The molecule has 7 aliphatic heterocycles. The minimum atomic E-state index is -1.23. The van der Waals surface area contributed by atoms with Crippen LogP contribution in [0.4, 0.5) is 0 Å². The van der Waals surface area contributed by atoms with Gasteiger partial charge in [0, 0.05) is 64.8 Å². The largest absolute Gasteiger partial charge is 0.504 e. The second-order valence-corrected chi connectivity index (χ2v) is 17.2. The number of carbonyl (C=O) groups is 2. The number of hydrogen-bond acceptors (Lipinski definition) is 13. The molecule has 12 rings (SSSR count). The van der Waals surface area contributed by atoms with E-state index >= 15 is 0 Å². The third-order valence-electron chi connectivity index (χ3n) is 13.5. The number of ether oxygens (including phenoxy) is 5. The molecule has 2 unspecified atom stereocenters. The zero-order valence-corrected chi connectivity index (χ0v) is 32.0. The Balaban J connectivity index is 1.20. The Morgan fingerprint density at radius 1 is 1.13 bits per heavy atom. The van der Waals surface area contributed by atoms with Crippen molar-refractivity contribution in [2.24, 2.45) is 0 Å². The number of phenolic OH excluding ortho intramolecular Hbond substituents is 1. The molecule has 4 bridgehead atoms. The number of rotatable bonds is 2. The summed E-state index contributed by atoms with van der Waals surface area (Å²) in [6.07, 6.45) is -0.103. The Labute approximate surface area is 321 Å². The molecule has 1 aliphatic carbocycles. The van der Waals surface area contributed by atoms with Crippen molar-refractivity contribution < 1.29 is 43.5 Å². The van der Waals surface area contributed by atoms with Gasteiger partial charge in [-0.25, -0.2) is 4.79 Å². The van der Waals surface area contributed by atoms with Crippen LogP contribution in [0.5, 0.6) is 28.7 Å². The first-order valence-electron chi connectivity index (χ1n) is 18.9. The van der Waals surface area contributed by atoms with Crippen molar-refractivity contribution in [1.29, 1.82) is 0 Å². The van der Waals surface area contributed by atoms with E-state index in [4.69, 9.17) is 23.7 Å². The number of nitrogens with zero attached hydrogens (tertiary/aromatic N) is 2. The number of likely N-dealkylation sites (N-methyl/N-ethyl adjacent to an activating group) is 1. The molecule has 4 aromatic rings. The van der Waals surface area contributed by atoms with Gasteiger partial charge in [-0.1, -0.05) is 24.3 Å². The molecule has 55 heavy (non-hydrogen) atoms. The molecule has 1 aromatic heterocycles. The van der Waals surface area contributed by atoms with E-state index in [9.17, 15) is 19.8 Å². The van der Waals surface area contributed by atoms with Crippen LogP contribution < -0.4 is 24.3 Å².